The smallest absolute Gasteiger partial charge is 0.0431 e. The average molecular weight is 221 g/mol. The summed E-state index contributed by atoms with van der Waals surface area (Å²) < 4.78 is 0. The van der Waals surface area contributed by atoms with Gasteiger partial charge in [-0.05, 0) is 31.4 Å². The summed E-state index contributed by atoms with van der Waals surface area (Å²) in [5.41, 5.74) is 1.30. The van der Waals surface area contributed by atoms with E-state index in [1.807, 2.05) is 0 Å². The van der Waals surface area contributed by atoms with E-state index in [1.165, 1.54) is 18.5 Å². The maximum absolute atomic E-state index is 8.81. The van der Waals surface area contributed by atoms with Crippen molar-refractivity contribution in [2.75, 3.05) is 24.6 Å². The molecule has 16 heavy (non-hydrogen) atoms. The van der Waals surface area contributed by atoms with Crippen molar-refractivity contribution in [1.82, 2.24) is 0 Å². The third-order valence-corrected chi connectivity index (χ3v) is 2.74. The van der Waals surface area contributed by atoms with E-state index >= 15 is 0 Å². The molecule has 0 heterocycles. The first kappa shape index (κ1) is 13.0. The number of nitrogens with zero attached hydrogens (tertiary/aromatic N) is 1. The number of hydrogen-bond donors (Lipinski definition) is 1. The molecule has 1 aromatic carbocycles. The van der Waals surface area contributed by atoms with Gasteiger partial charge in [0, 0.05) is 25.4 Å². The highest BCUT2D eigenvalue weighted by molar-refractivity contribution is 5.45. The molecule has 0 aromatic heterocycles. The molecule has 0 spiro atoms. The molecule has 2 heteroatoms. The SMILES string of the molecule is CCCCN(CCCCO)c1ccccc1. The first-order chi connectivity index (χ1) is 7.88. The van der Waals surface area contributed by atoms with Crippen LogP contribution in [-0.4, -0.2) is 24.8 Å². The second-order valence-electron chi connectivity index (χ2n) is 4.11. The van der Waals surface area contributed by atoms with Crippen molar-refractivity contribution in [3.63, 3.8) is 0 Å². The van der Waals surface area contributed by atoms with Crippen molar-refractivity contribution in [2.45, 2.75) is 32.6 Å². The first-order valence-corrected chi connectivity index (χ1v) is 6.29. The third-order valence-electron chi connectivity index (χ3n) is 2.74. The molecule has 0 unspecified atom stereocenters. The molecule has 90 valence electrons. The maximum atomic E-state index is 8.81. The van der Waals surface area contributed by atoms with Crippen LogP contribution in [0.5, 0.6) is 0 Å². The molecule has 0 atom stereocenters. The van der Waals surface area contributed by atoms with Crippen LogP contribution in [-0.2, 0) is 0 Å². The highest BCUT2D eigenvalue weighted by atomic mass is 16.2. The van der Waals surface area contributed by atoms with E-state index < -0.39 is 0 Å². The number of para-hydroxylation sites is 1. The molecular weight excluding hydrogens is 198 g/mol. The standard InChI is InChI=1S/C14H23NO/c1-2-3-11-15(12-7-8-13-16)14-9-5-4-6-10-14/h4-6,9-10,16H,2-3,7-8,11-13H2,1H3. The minimum absolute atomic E-state index is 0.302. The number of anilines is 1. The Bertz CT molecular complexity index is 261. The second kappa shape index (κ2) is 8.17. The largest absolute Gasteiger partial charge is 0.396 e. The highest BCUT2D eigenvalue weighted by Gasteiger charge is 2.04. The fraction of sp³-hybridized carbons (Fsp3) is 0.571. The summed E-state index contributed by atoms with van der Waals surface area (Å²) in [5.74, 6) is 0. The van der Waals surface area contributed by atoms with Crippen LogP contribution in [0.15, 0.2) is 30.3 Å². The molecule has 0 saturated heterocycles. The Balaban J connectivity index is 2.49. The normalized spacial score (nSPS) is 10.4. The third kappa shape index (κ3) is 4.67. The number of benzene rings is 1. The van der Waals surface area contributed by atoms with E-state index in [-0.39, 0.29) is 0 Å². The van der Waals surface area contributed by atoms with Gasteiger partial charge in [-0.2, -0.15) is 0 Å². The summed E-state index contributed by atoms with van der Waals surface area (Å²) >= 11 is 0. The van der Waals surface area contributed by atoms with Crippen LogP contribution in [0.3, 0.4) is 0 Å². The number of aliphatic hydroxyl groups is 1. The van der Waals surface area contributed by atoms with Crippen molar-refractivity contribution < 1.29 is 5.11 Å². The summed E-state index contributed by atoms with van der Waals surface area (Å²) in [6, 6.07) is 10.5. The van der Waals surface area contributed by atoms with Crippen LogP contribution in [0.25, 0.3) is 0 Å². The summed E-state index contributed by atoms with van der Waals surface area (Å²) in [5, 5.41) is 8.81. The van der Waals surface area contributed by atoms with E-state index in [1.54, 1.807) is 0 Å². The summed E-state index contributed by atoms with van der Waals surface area (Å²) in [7, 11) is 0. The number of rotatable bonds is 8. The van der Waals surface area contributed by atoms with E-state index in [0.717, 1.165) is 25.9 Å². The average Bonchev–Trinajstić information content (AvgIpc) is 2.35. The Morgan fingerprint density at radius 2 is 1.69 bits per heavy atom. The van der Waals surface area contributed by atoms with Crippen LogP contribution in [0.1, 0.15) is 32.6 Å². The van der Waals surface area contributed by atoms with Crippen molar-refractivity contribution >= 4 is 5.69 Å². The Labute approximate surface area is 98.9 Å². The molecule has 2 nitrogen and oxygen atoms in total. The van der Waals surface area contributed by atoms with Gasteiger partial charge in [0.2, 0.25) is 0 Å². The van der Waals surface area contributed by atoms with Gasteiger partial charge >= 0.3 is 0 Å². The molecule has 1 N–H and O–H groups in total. The van der Waals surface area contributed by atoms with Crippen LogP contribution in [0, 0.1) is 0 Å². The van der Waals surface area contributed by atoms with Crippen LogP contribution in [0.2, 0.25) is 0 Å². The molecular formula is C14H23NO. The van der Waals surface area contributed by atoms with Gasteiger partial charge in [0.1, 0.15) is 0 Å². The fourth-order valence-corrected chi connectivity index (χ4v) is 1.77. The van der Waals surface area contributed by atoms with E-state index in [9.17, 15) is 0 Å². The zero-order valence-electron chi connectivity index (χ0n) is 10.2. The Morgan fingerprint density at radius 1 is 1.00 bits per heavy atom. The second-order valence-corrected chi connectivity index (χ2v) is 4.11. The molecule has 0 amide bonds. The lowest BCUT2D eigenvalue weighted by Crippen LogP contribution is -2.25. The van der Waals surface area contributed by atoms with Crippen LogP contribution < -0.4 is 4.90 Å². The minimum atomic E-state index is 0.302. The minimum Gasteiger partial charge on any atom is -0.396 e. The topological polar surface area (TPSA) is 23.5 Å². The van der Waals surface area contributed by atoms with Gasteiger partial charge in [-0.1, -0.05) is 31.5 Å². The quantitative estimate of drug-likeness (QED) is 0.682. The molecule has 0 fully saturated rings. The molecule has 0 radical (unpaired) electrons. The predicted molar refractivity (Wildman–Crippen MR) is 69.9 cm³/mol. The van der Waals surface area contributed by atoms with Crippen LogP contribution in [0.4, 0.5) is 5.69 Å². The molecule has 0 aliphatic carbocycles. The van der Waals surface area contributed by atoms with Gasteiger partial charge < -0.3 is 10.0 Å². The summed E-state index contributed by atoms with van der Waals surface area (Å²) in [4.78, 5) is 2.42. The van der Waals surface area contributed by atoms with Gasteiger partial charge in [-0.15, -0.1) is 0 Å². The summed E-state index contributed by atoms with van der Waals surface area (Å²) in [6.45, 7) is 4.68. The zero-order chi connectivity index (χ0) is 11.6. The monoisotopic (exact) mass is 221 g/mol. The van der Waals surface area contributed by atoms with Crippen molar-refractivity contribution in [1.29, 1.82) is 0 Å². The molecule has 0 aliphatic rings. The molecule has 0 aliphatic heterocycles. The lowest BCUT2D eigenvalue weighted by Gasteiger charge is -2.24. The van der Waals surface area contributed by atoms with Crippen LogP contribution >= 0.6 is 0 Å². The summed E-state index contributed by atoms with van der Waals surface area (Å²) in [6.07, 6.45) is 4.42. The molecule has 1 aromatic rings. The van der Waals surface area contributed by atoms with Crippen molar-refractivity contribution in [3.05, 3.63) is 30.3 Å². The van der Waals surface area contributed by atoms with Crippen molar-refractivity contribution in [3.8, 4) is 0 Å². The molecule has 0 saturated carbocycles. The van der Waals surface area contributed by atoms with E-state index in [0.29, 0.717) is 6.61 Å². The Kier molecular flexibility index (Phi) is 6.66. The lowest BCUT2D eigenvalue weighted by molar-refractivity contribution is 0.285. The Morgan fingerprint density at radius 3 is 2.31 bits per heavy atom. The van der Waals surface area contributed by atoms with Gasteiger partial charge in [0.15, 0.2) is 0 Å². The van der Waals surface area contributed by atoms with Gasteiger partial charge in [0.25, 0.3) is 0 Å². The maximum Gasteiger partial charge on any atom is 0.0431 e. The van der Waals surface area contributed by atoms with Gasteiger partial charge in [-0.25, -0.2) is 0 Å². The predicted octanol–water partition coefficient (Wildman–Crippen LogP) is 3.07. The van der Waals surface area contributed by atoms with E-state index in [2.05, 4.69) is 42.2 Å². The number of unbranched alkanes of at least 4 members (excludes halogenated alkanes) is 2. The Hall–Kier alpha value is -1.02. The van der Waals surface area contributed by atoms with Gasteiger partial charge in [0.05, 0.1) is 0 Å². The van der Waals surface area contributed by atoms with Gasteiger partial charge in [-0.3, -0.25) is 0 Å². The molecule has 0 bridgehead atoms. The molecule has 1 rings (SSSR count). The zero-order valence-corrected chi connectivity index (χ0v) is 10.2. The lowest BCUT2D eigenvalue weighted by atomic mass is 10.2. The van der Waals surface area contributed by atoms with Crippen molar-refractivity contribution in [2.24, 2.45) is 0 Å². The number of aliphatic hydroxyl groups excluding tert-OH is 1. The number of hydrogen-bond acceptors (Lipinski definition) is 2. The fourth-order valence-electron chi connectivity index (χ4n) is 1.77. The first-order valence-electron chi connectivity index (χ1n) is 6.29. The highest BCUT2D eigenvalue weighted by Crippen LogP contribution is 2.14. The van der Waals surface area contributed by atoms with E-state index in [4.69, 9.17) is 5.11 Å².